The van der Waals surface area contributed by atoms with Gasteiger partial charge >= 0.3 is 6.18 Å². The molecule has 3 rings (SSSR count). The monoisotopic (exact) mass is 323 g/mol. The molecule has 7 heteroatoms. The van der Waals surface area contributed by atoms with Crippen LogP contribution in [-0.4, -0.2) is 29.7 Å². The highest BCUT2D eigenvalue weighted by Crippen LogP contribution is 2.29. The van der Waals surface area contributed by atoms with Crippen LogP contribution in [0.15, 0.2) is 36.7 Å². The summed E-state index contributed by atoms with van der Waals surface area (Å²) in [5.74, 6) is 0. The molecule has 4 nitrogen and oxygen atoms in total. The van der Waals surface area contributed by atoms with Gasteiger partial charge in [0.15, 0.2) is 0 Å². The SMILES string of the molecule is FC(F)(F)c1ccnc(Cc2ccc([C@@H]3CNCCO3)nc2)c1. The zero-order chi connectivity index (χ0) is 16.3. The standard InChI is InChI=1S/C16H16F3N3O/c17-16(18,19)12-3-4-21-13(8-12)7-11-1-2-14(22-9-11)15-10-20-5-6-23-15/h1-4,8-9,15,20H,5-7,10H2/t15-/m0/s1. The van der Waals surface area contributed by atoms with Gasteiger partial charge in [-0.2, -0.15) is 13.2 Å². The summed E-state index contributed by atoms with van der Waals surface area (Å²) in [5.41, 5.74) is 1.31. The van der Waals surface area contributed by atoms with Gasteiger partial charge in [0.05, 0.1) is 17.9 Å². The molecular formula is C16H16F3N3O. The smallest absolute Gasteiger partial charge is 0.369 e. The number of rotatable bonds is 3. The van der Waals surface area contributed by atoms with E-state index in [-0.39, 0.29) is 6.10 Å². The maximum Gasteiger partial charge on any atom is 0.416 e. The molecule has 0 amide bonds. The normalized spacial score (nSPS) is 18.8. The topological polar surface area (TPSA) is 47.0 Å². The van der Waals surface area contributed by atoms with Crippen molar-refractivity contribution in [3.05, 3.63) is 59.2 Å². The second-order valence-corrected chi connectivity index (χ2v) is 5.37. The highest BCUT2D eigenvalue weighted by molar-refractivity contribution is 5.25. The lowest BCUT2D eigenvalue weighted by Gasteiger charge is -2.23. The Hall–Kier alpha value is -1.99. The summed E-state index contributed by atoms with van der Waals surface area (Å²) in [5, 5.41) is 3.23. The van der Waals surface area contributed by atoms with Crippen molar-refractivity contribution in [1.29, 1.82) is 0 Å². The molecule has 0 bridgehead atoms. The lowest BCUT2D eigenvalue weighted by Crippen LogP contribution is -2.33. The van der Waals surface area contributed by atoms with Crippen LogP contribution >= 0.6 is 0 Å². The van der Waals surface area contributed by atoms with E-state index in [0.717, 1.165) is 29.9 Å². The molecule has 1 N–H and O–H groups in total. The molecular weight excluding hydrogens is 307 g/mol. The predicted molar refractivity (Wildman–Crippen MR) is 77.8 cm³/mol. The van der Waals surface area contributed by atoms with Crippen molar-refractivity contribution in [1.82, 2.24) is 15.3 Å². The fourth-order valence-electron chi connectivity index (χ4n) is 2.45. The Morgan fingerprint density at radius 2 is 2.09 bits per heavy atom. The van der Waals surface area contributed by atoms with E-state index in [0.29, 0.717) is 25.3 Å². The van der Waals surface area contributed by atoms with Crippen molar-refractivity contribution in [3.8, 4) is 0 Å². The van der Waals surface area contributed by atoms with Gasteiger partial charge in [0.25, 0.3) is 0 Å². The zero-order valence-corrected chi connectivity index (χ0v) is 12.3. The van der Waals surface area contributed by atoms with Crippen LogP contribution < -0.4 is 5.32 Å². The van der Waals surface area contributed by atoms with E-state index in [1.807, 2.05) is 12.1 Å². The van der Waals surface area contributed by atoms with E-state index < -0.39 is 11.7 Å². The maximum atomic E-state index is 12.7. The van der Waals surface area contributed by atoms with Gasteiger partial charge < -0.3 is 10.1 Å². The predicted octanol–water partition coefficient (Wildman–Crippen LogP) is 2.75. The fraction of sp³-hybridized carbons (Fsp3) is 0.375. The van der Waals surface area contributed by atoms with Gasteiger partial charge in [-0.15, -0.1) is 0 Å². The van der Waals surface area contributed by atoms with Crippen LogP contribution in [0.25, 0.3) is 0 Å². The molecule has 1 fully saturated rings. The van der Waals surface area contributed by atoms with Gasteiger partial charge in [-0.1, -0.05) is 6.07 Å². The molecule has 1 aliphatic rings. The number of morpholine rings is 1. The first-order valence-corrected chi connectivity index (χ1v) is 7.31. The van der Waals surface area contributed by atoms with Crippen LogP contribution in [0.3, 0.4) is 0 Å². The third-order valence-electron chi connectivity index (χ3n) is 3.63. The van der Waals surface area contributed by atoms with E-state index in [1.54, 1.807) is 6.20 Å². The highest BCUT2D eigenvalue weighted by Gasteiger charge is 2.30. The molecule has 0 radical (unpaired) electrons. The molecule has 23 heavy (non-hydrogen) atoms. The Kier molecular flexibility index (Phi) is 4.58. The minimum Gasteiger partial charge on any atom is -0.369 e. The number of hydrogen-bond donors (Lipinski definition) is 1. The molecule has 1 atom stereocenters. The van der Waals surface area contributed by atoms with E-state index in [4.69, 9.17) is 4.74 Å². The molecule has 0 unspecified atom stereocenters. The first kappa shape index (κ1) is 15.9. The number of pyridine rings is 2. The van der Waals surface area contributed by atoms with Crippen molar-refractivity contribution < 1.29 is 17.9 Å². The summed E-state index contributed by atoms with van der Waals surface area (Å²) in [6.07, 6.45) is -1.28. The van der Waals surface area contributed by atoms with Crippen LogP contribution in [0.4, 0.5) is 13.2 Å². The number of alkyl halides is 3. The summed E-state index contributed by atoms with van der Waals surface area (Å²) in [6, 6.07) is 5.74. The summed E-state index contributed by atoms with van der Waals surface area (Å²) < 4.78 is 43.7. The summed E-state index contributed by atoms with van der Waals surface area (Å²) in [4.78, 5) is 8.35. The molecule has 0 saturated carbocycles. The van der Waals surface area contributed by atoms with E-state index >= 15 is 0 Å². The molecule has 1 saturated heterocycles. The van der Waals surface area contributed by atoms with Crippen LogP contribution in [0, 0.1) is 0 Å². The van der Waals surface area contributed by atoms with E-state index in [2.05, 4.69) is 15.3 Å². The maximum absolute atomic E-state index is 12.7. The zero-order valence-electron chi connectivity index (χ0n) is 12.3. The Morgan fingerprint density at radius 1 is 1.22 bits per heavy atom. The van der Waals surface area contributed by atoms with Gasteiger partial charge in [0, 0.05) is 37.6 Å². The molecule has 3 heterocycles. The van der Waals surface area contributed by atoms with Gasteiger partial charge in [-0.05, 0) is 23.8 Å². The third-order valence-corrected chi connectivity index (χ3v) is 3.63. The van der Waals surface area contributed by atoms with E-state index in [9.17, 15) is 13.2 Å². The lowest BCUT2D eigenvalue weighted by molar-refractivity contribution is -0.137. The highest BCUT2D eigenvalue weighted by atomic mass is 19.4. The van der Waals surface area contributed by atoms with Gasteiger partial charge in [-0.3, -0.25) is 9.97 Å². The first-order chi connectivity index (χ1) is 11.0. The van der Waals surface area contributed by atoms with Gasteiger partial charge in [0.2, 0.25) is 0 Å². The van der Waals surface area contributed by atoms with Crippen molar-refractivity contribution in [2.24, 2.45) is 0 Å². The van der Waals surface area contributed by atoms with Crippen molar-refractivity contribution >= 4 is 0 Å². The molecule has 2 aromatic heterocycles. The number of nitrogens with zero attached hydrogens (tertiary/aromatic N) is 2. The Labute approximate surface area is 131 Å². The Bertz CT molecular complexity index is 652. The van der Waals surface area contributed by atoms with Crippen LogP contribution in [-0.2, 0) is 17.3 Å². The molecule has 0 spiro atoms. The number of nitrogens with one attached hydrogen (secondary N) is 1. The second-order valence-electron chi connectivity index (χ2n) is 5.37. The van der Waals surface area contributed by atoms with Crippen LogP contribution in [0.1, 0.15) is 28.6 Å². The van der Waals surface area contributed by atoms with Crippen LogP contribution in [0.5, 0.6) is 0 Å². The molecule has 0 aromatic carbocycles. The molecule has 0 aliphatic carbocycles. The van der Waals surface area contributed by atoms with Crippen molar-refractivity contribution in [2.45, 2.75) is 18.7 Å². The van der Waals surface area contributed by atoms with E-state index in [1.165, 1.54) is 6.20 Å². The molecule has 122 valence electrons. The average Bonchev–Trinajstić information content (AvgIpc) is 2.56. The van der Waals surface area contributed by atoms with Crippen molar-refractivity contribution in [3.63, 3.8) is 0 Å². The Morgan fingerprint density at radius 3 is 2.74 bits per heavy atom. The quantitative estimate of drug-likeness (QED) is 0.943. The number of ether oxygens (including phenoxy) is 1. The molecule has 1 aliphatic heterocycles. The molecule has 2 aromatic rings. The van der Waals surface area contributed by atoms with Crippen LogP contribution in [0.2, 0.25) is 0 Å². The lowest BCUT2D eigenvalue weighted by atomic mass is 10.1. The number of hydrogen-bond acceptors (Lipinski definition) is 4. The average molecular weight is 323 g/mol. The second kappa shape index (κ2) is 6.64. The Balaban J connectivity index is 1.71. The largest absolute Gasteiger partial charge is 0.416 e. The minimum absolute atomic E-state index is 0.0792. The number of halogens is 3. The van der Waals surface area contributed by atoms with Crippen molar-refractivity contribution in [2.75, 3.05) is 19.7 Å². The minimum atomic E-state index is -4.36. The number of aromatic nitrogens is 2. The summed E-state index contributed by atoms with van der Waals surface area (Å²) in [6.45, 7) is 2.18. The summed E-state index contributed by atoms with van der Waals surface area (Å²) >= 11 is 0. The van der Waals surface area contributed by atoms with Gasteiger partial charge in [0.1, 0.15) is 6.10 Å². The summed E-state index contributed by atoms with van der Waals surface area (Å²) in [7, 11) is 0. The first-order valence-electron chi connectivity index (χ1n) is 7.31. The fourth-order valence-corrected chi connectivity index (χ4v) is 2.45. The third kappa shape index (κ3) is 4.05. The van der Waals surface area contributed by atoms with Gasteiger partial charge in [-0.25, -0.2) is 0 Å².